The highest BCUT2D eigenvalue weighted by molar-refractivity contribution is 7.99. The standard InChI is InChI=1S/C16H18FNO2S/c17-13-6-7-16(15(18)8-13)21-11-14(19)10-20-9-12-4-2-1-3-5-12/h1-8,14,19H,9-11,18H2. The van der Waals surface area contributed by atoms with Crippen molar-refractivity contribution >= 4 is 17.4 Å². The van der Waals surface area contributed by atoms with Crippen LogP contribution in [0.25, 0.3) is 0 Å². The summed E-state index contributed by atoms with van der Waals surface area (Å²) in [5.74, 6) is 0.0912. The normalized spacial score (nSPS) is 12.3. The lowest BCUT2D eigenvalue weighted by Gasteiger charge is -2.12. The van der Waals surface area contributed by atoms with Crippen molar-refractivity contribution in [2.75, 3.05) is 18.1 Å². The Labute approximate surface area is 127 Å². The second-order valence-electron chi connectivity index (χ2n) is 4.65. The number of anilines is 1. The highest BCUT2D eigenvalue weighted by atomic mass is 32.2. The van der Waals surface area contributed by atoms with E-state index in [-0.39, 0.29) is 12.4 Å². The molecule has 0 bridgehead atoms. The Balaban J connectivity index is 1.71. The predicted octanol–water partition coefficient (Wildman–Crippen LogP) is 3.08. The molecule has 2 rings (SSSR count). The van der Waals surface area contributed by atoms with Crippen molar-refractivity contribution < 1.29 is 14.2 Å². The van der Waals surface area contributed by atoms with E-state index in [9.17, 15) is 9.50 Å². The number of halogens is 1. The molecule has 2 aromatic carbocycles. The third-order valence-corrected chi connectivity index (χ3v) is 4.06. The van der Waals surface area contributed by atoms with Gasteiger partial charge in [-0.3, -0.25) is 0 Å². The summed E-state index contributed by atoms with van der Waals surface area (Å²) in [6.07, 6.45) is -0.594. The van der Waals surface area contributed by atoms with Crippen LogP contribution < -0.4 is 5.73 Å². The van der Waals surface area contributed by atoms with Crippen LogP contribution in [-0.2, 0) is 11.3 Å². The maximum Gasteiger partial charge on any atom is 0.125 e. The molecular weight excluding hydrogens is 289 g/mol. The lowest BCUT2D eigenvalue weighted by Crippen LogP contribution is -2.18. The van der Waals surface area contributed by atoms with Gasteiger partial charge in [0.15, 0.2) is 0 Å². The lowest BCUT2D eigenvalue weighted by atomic mass is 10.2. The molecule has 1 atom stereocenters. The molecule has 3 N–H and O–H groups in total. The maximum absolute atomic E-state index is 12.9. The summed E-state index contributed by atoms with van der Waals surface area (Å²) in [5, 5.41) is 9.87. The van der Waals surface area contributed by atoms with Crippen LogP contribution in [0.1, 0.15) is 5.56 Å². The number of aliphatic hydroxyl groups is 1. The van der Waals surface area contributed by atoms with E-state index >= 15 is 0 Å². The number of thioether (sulfide) groups is 1. The molecule has 0 aliphatic heterocycles. The van der Waals surface area contributed by atoms with Gasteiger partial charge in [-0.05, 0) is 23.8 Å². The number of hydrogen-bond acceptors (Lipinski definition) is 4. The largest absolute Gasteiger partial charge is 0.398 e. The van der Waals surface area contributed by atoms with Gasteiger partial charge < -0.3 is 15.6 Å². The van der Waals surface area contributed by atoms with Gasteiger partial charge in [0, 0.05) is 16.3 Å². The van der Waals surface area contributed by atoms with Crippen LogP contribution in [0.5, 0.6) is 0 Å². The van der Waals surface area contributed by atoms with Gasteiger partial charge in [0.25, 0.3) is 0 Å². The van der Waals surface area contributed by atoms with Gasteiger partial charge in [-0.2, -0.15) is 0 Å². The van der Waals surface area contributed by atoms with Gasteiger partial charge in [0.1, 0.15) is 5.82 Å². The zero-order valence-corrected chi connectivity index (χ0v) is 12.4. The number of nitrogens with two attached hydrogens (primary N) is 1. The van der Waals surface area contributed by atoms with Gasteiger partial charge >= 0.3 is 0 Å². The predicted molar refractivity (Wildman–Crippen MR) is 83.6 cm³/mol. The minimum atomic E-state index is -0.594. The SMILES string of the molecule is Nc1cc(F)ccc1SCC(O)COCc1ccccc1. The van der Waals surface area contributed by atoms with Crippen LogP contribution in [-0.4, -0.2) is 23.6 Å². The van der Waals surface area contributed by atoms with Gasteiger partial charge in [0.05, 0.1) is 19.3 Å². The van der Waals surface area contributed by atoms with Crippen LogP contribution in [0.4, 0.5) is 10.1 Å². The maximum atomic E-state index is 12.9. The minimum absolute atomic E-state index is 0.253. The molecule has 0 aromatic heterocycles. The molecule has 0 heterocycles. The fraction of sp³-hybridized carbons (Fsp3) is 0.250. The van der Waals surface area contributed by atoms with E-state index in [2.05, 4.69) is 0 Å². The van der Waals surface area contributed by atoms with Crippen LogP contribution in [0, 0.1) is 5.82 Å². The number of ether oxygens (including phenoxy) is 1. The fourth-order valence-electron chi connectivity index (χ4n) is 1.77. The summed E-state index contributed by atoms with van der Waals surface area (Å²) in [7, 11) is 0. The van der Waals surface area contributed by atoms with Crippen LogP contribution >= 0.6 is 11.8 Å². The molecule has 2 aromatic rings. The molecule has 3 nitrogen and oxygen atoms in total. The molecule has 0 aliphatic carbocycles. The first-order valence-electron chi connectivity index (χ1n) is 6.62. The summed E-state index contributed by atoms with van der Waals surface area (Å²) in [4.78, 5) is 0.763. The van der Waals surface area contributed by atoms with Crippen LogP contribution in [0.2, 0.25) is 0 Å². The molecule has 0 fully saturated rings. The highest BCUT2D eigenvalue weighted by Gasteiger charge is 2.08. The topological polar surface area (TPSA) is 55.5 Å². The Bertz CT molecular complexity index is 565. The van der Waals surface area contributed by atoms with E-state index < -0.39 is 6.10 Å². The van der Waals surface area contributed by atoms with E-state index in [1.165, 1.54) is 23.9 Å². The van der Waals surface area contributed by atoms with Crippen molar-refractivity contribution in [3.63, 3.8) is 0 Å². The molecule has 0 amide bonds. The quantitative estimate of drug-likeness (QED) is 0.610. The molecule has 0 spiro atoms. The summed E-state index contributed by atoms with van der Waals surface area (Å²) in [6, 6.07) is 14.0. The average molecular weight is 307 g/mol. The van der Waals surface area contributed by atoms with E-state index in [0.29, 0.717) is 18.0 Å². The first-order valence-corrected chi connectivity index (χ1v) is 7.61. The van der Waals surface area contributed by atoms with Crippen molar-refractivity contribution in [1.29, 1.82) is 0 Å². The fourth-order valence-corrected chi connectivity index (χ4v) is 2.63. The lowest BCUT2D eigenvalue weighted by molar-refractivity contribution is 0.0398. The number of benzene rings is 2. The van der Waals surface area contributed by atoms with E-state index in [1.807, 2.05) is 30.3 Å². The molecule has 21 heavy (non-hydrogen) atoms. The highest BCUT2D eigenvalue weighted by Crippen LogP contribution is 2.26. The van der Waals surface area contributed by atoms with Gasteiger partial charge in [-0.25, -0.2) is 4.39 Å². The summed E-state index contributed by atoms with van der Waals surface area (Å²) in [5.41, 5.74) is 7.17. The zero-order valence-electron chi connectivity index (χ0n) is 11.5. The van der Waals surface area contributed by atoms with E-state index in [0.717, 1.165) is 10.5 Å². The first-order chi connectivity index (χ1) is 10.1. The molecule has 112 valence electrons. The Kier molecular flexibility index (Phi) is 6.04. The van der Waals surface area contributed by atoms with Crippen molar-refractivity contribution in [2.45, 2.75) is 17.6 Å². The van der Waals surface area contributed by atoms with E-state index in [4.69, 9.17) is 10.5 Å². The summed E-state index contributed by atoms with van der Waals surface area (Å²) < 4.78 is 18.4. The second kappa shape index (κ2) is 8.02. The van der Waals surface area contributed by atoms with Crippen molar-refractivity contribution in [3.8, 4) is 0 Å². The van der Waals surface area contributed by atoms with Crippen molar-refractivity contribution in [2.24, 2.45) is 0 Å². The summed E-state index contributed by atoms with van der Waals surface area (Å²) in [6.45, 7) is 0.726. The Morgan fingerprint density at radius 3 is 2.67 bits per heavy atom. The number of nitrogen functional groups attached to an aromatic ring is 1. The van der Waals surface area contributed by atoms with Crippen LogP contribution in [0.15, 0.2) is 53.4 Å². The monoisotopic (exact) mass is 307 g/mol. The smallest absolute Gasteiger partial charge is 0.125 e. The third-order valence-electron chi connectivity index (χ3n) is 2.82. The second-order valence-corrected chi connectivity index (χ2v) is 5.71. The number of aliphatic hydroxyl groups excluding tert-OH is 1. The first kappa shape index (κ1) is 15.8. The van der Waals surface area contributed by atoms with Crippen LogP contribution in [0.3, 0.4) is 0 Å². The van der Waals surface area contributed by atoms with Gasteiger partial charge in [-0.1, -0.05) is 30.3 Å². The summed E-state index contributed by atoms with van der Waals surface area (Å²) >= 11 is 1.39. The third kappa shape index (κ3) is 5.38. The molecule has 0 aliphatic rings. The van der Waals surface area contributed by atoms with Crippen molar-refractivity contribution in [1.82, 2.24) is 0 Å². The van der Waals surface area contributed by atoms with Crippen molar-refractivity contribution in [3.05, 3.63) is 59.9 Å². The van der Waals surface area contributed by atoms with E-state index in [1.54, 1.807) is 6.07 Å². The molecular formula is C16H18FNO2S. The number of rotatable bonds is 7. The minimum Gasteiger partial charge on any atom is -0.398 e. The Hall–Kier alpha value is -1.56. The Morgan fingerprint density at radius 2 is 1.95 bits per heavy atom. The molecule has 1 unspecified atom stereocenters. The molecule has 0 saturated carbocycles. The zero-order chi connectivity index (χ0) is 15.1. The number of hydrogen-bond donors (Lipinski definition) is 2. The molecule has 0 saturated heterocycles. The van der Waals surface area contributed by atoms with Gasteiger partial charge in [0.2, 0.25) is 0 Å². The Morgan fingerprint density at radius 1 is 1.19 bits per heavy atom. The molecule has 0 radical (unpaired) electrons. The van der Waals surface area contributed by atoms with Gasteiger partial charge in [-0.15, -0.1) is 11.8 Å². The molecule has 5 heteroatoms. The average Bonchev–Trinajstić information content (AvgIpc) is 2.47.